The van der Waals surface area contributed by atoms with Crippen LogP contribution in [0.4, 0.5) is 15.9 Å². The van der Waals surface area contributed by atoms with Crippen LogP contribution in [0, 0.1) is 12.7 Å². The molecule has 3 aromatic rings. The number of nitrogens with one attached hydrogen (secondary N) is 1. The van der Waals surface area contributed by atoms with Gasteiger partial charge in [0.25, 0.3) is 11.8 Å². The number of carbonyl (C=O) groups is 2. The van der Waals surface area contributed by atoms with E-state index in [0.29, 0.717) is 30.9 Å². The van der Waals surface area contributed by atoms with E-state index in [9.17, 15) is 14.0 Å². The van der Waals surface area contributed by atoms with Gasteiger partial charge in [-0.1, -0.05) is 24.3 Å². The summed E-state index contributed by atoms with van der Waals surface area (Å²) in [5, 5.41) is 10.8. The van der Waals surface area contributed by atoms with Gasteiger partial charge < -0.3 is 15.1 Å². The van der Waals surface area contributed by atoms with E-state index in [0.717, 1.165) is 24.3 Å². The number of aryl methyl sites for hydroxylation is 1. The number of aromatic nitrogens is 2. The first-order chi connectivity index (χ1) is 15.5. The molecule has 1 saturated heterocycles. The lowest BCUT2D eigenvalue weighted by Crippen LogP contribution is -2.36. The number of amides is 2. The summed E-state index contributed by atoms with van der Waals surface area (Å²) in [5.41, 5.74) is 1.46. The number of anilines is 2. The maximum Gasteiger partial charge on any atom is 0.258 e. The third-order valence-electron chi connectivity index (χ3n) is 5.53. The minimum atomic E-state index is -0.608. The third-order valence-corrected chi connectivity index (χ3v) is 5.53. The van der Waals surface area contributed by atoms with Crippen LogP contribution in [0.1, 0.15) is 32.7 Å². The van der Waals surface area contributed by atoms with Gasteiger partial charge in [-0.3, -0.25) is 9.59 Å². The Morgan fingerprint density at radius 3 is 2.53 bits per heavy atom. The number of hydrogen-bond acceptors (Lipinski definition) is 5. The molecule has 7 nitrogen and oxygen atoms in total. The second-order valence-corrected chi connectivity index (χ2v) is 7.65. The van der Waals surface area contributed by atoms with Gasteiger partial charge in [-0.25, -0.2) is 4.39 Å². The Kier molecular flexibility index (Phi) is 6.39. The van der Waals surface area contributed by atoms with Gasteiger partial charge in [0, 0.05) is 32.4 Å². The van der Waals surface area contributed by atoms with Gasteiger partial charge in [0.2, 0.25) is 0 Å². The predicted octanol–water partition coefficient (Wildman–Crippen LogP) is 3.53. The van der Waals surface area contributed by atoms with Crippen molar-refractivity contribution in [2.45, 2.75) is 13.3 Å². The Balaban J connectivity index is 1.53. The van der Waals surface area contributed by atoms with E-state index in [1.54, 1.807) is 29.3 Å². The Morgan fingerprint density at radius 1 is 0.938 bits per heavy atom. The predicted molar refractivity (Wildman–Crippen MR) is 120 cm³/mol. The molecule has 1 aromatic heterocycles. The van der Waals surface area contributed by atoms with Crippen LogP contribution in [0.25, 0.3) is 0 Å². The maximum absolute atomic E-state index is 14.1. The van der Waals surface area contributed by atoms with Gasteiger partial charge in [-0.15, -0.1) is 5.10 Å². The van der Waals surface area contributed by atoms with Crippen molar-refractivity contribution < 1.29 is 14.0 Å². The zero-order valence-electron chi connectivity index (χ0n) is 17.8. The Bertz CT molecular complexity index is 1120. The van der Waals surface area contributed by atoms with Gasteiger partial charge in [0.05, 0.1) is 16.8 Å². The highest BCUT2D eigenvalue weighted by Gasteiger charge is 2.24. The summed E-state index contributed by atoms with van der Waals surface area (Å²) >= 11 is 0. The van der Waals surface area contributed by atoms with Crippen molar-refractivity contribution in [3.8, 4) is 0 Å². The summed E-state index contributed by atoms with van der Waals surface area (Å²) in [6, 6.07) is 14.8. The summed E-state index contributed by atoms with van der Waals surface area (Å²) in [7, 11) is 0. The molecule has 0 unspecified atom stereocenters. The van der Waals surface area contributed by atoms with E-state index >= 15 is 0 Å². The summed E-state index contributed by atoms with van der Waals surface area (Å²) in [5.74, 6) is -0.576. The standard InChI is InChI=1S/C24H24FN5O2/c1-17-7-4-9-19(22(17)27-23(31)18-8-2-3-10-20(18)25)24(32)30-14-6-13-29(15-16-30)21-11-5-12-26-28-21/h2-5,7-12H,6,13-16H2,1H3,(H,27,31). The van der Waals surface area contributed by atoms with Crippen molar-refractivity contribution in [3.05, 3.63) is 83.3 Å². The smallest absolute Gasteiger partial charge is 0.258 e. The number of carbonyl (C=O) groups excluding carboxylic acids is 2. The Hall–Kier alpha value is -3.81. The van der Waals surface area contributed by atoms with E-state index in [-0.39, 0.29) is 11.5 Å². The molecule has 1 N–H and O–H groups in total. The topological polar surface area (TPSA) is 78.4 Å². The van der Waals surface area contributed by atoms with Crippen molar-refractivity contribution >= 4 is 23.3 Å². The molecule has 8 heteroatoms. The fourth-order valence-corrected chi connectivity index (χ4v) is 3.82. The molecule has 0 radical (unpaired) electrons. The number of rotatable bonds is 4. The molecule has 0 spiro atoms. The first-order valence-electron chi connectivity index (χ1n) is 10.5. The van der Waals surface area contributed by atoms with E-state index in [4.69, 9.17) is 0 Å². The van der Waals surface area contributed by atoms with Gasteiger partial charge in [0.15, 0.2) is 5.82 Å². The largest absolute Gasteiger partial charge is 0.353 e. The van der Waals surface area contributed by atoms with E-state index in [1.807, 2.05) is 25.1 Å². The molecule has 2 heterocycles. The Morgan fingerprint density at radius 2 is 1.75 bits per heavy atom. The van der Waals surface area contributed by atoms with Gasteiger partial charge in [-0.2, -0.15) is 5.10 Å². The second kappa shape index (κ2) is 9.55. The molecule has 1 aliphatic rings. The van der Waals surface area contributed by atoms with E-state index in [2.05, 4.69) is 20.4 Å². The summed E-state index contributed by atoms with van der Waals surface area (Å²) < 4.78 is 14.1. The molecular formula is C24H24FN5O2. The summed E-state index contributed by atoms with van der Waals surface area (Å²) in [6.07, 6.45) is 2.41. The van der Waals surface area contributed by atoms with Crippen LogP contribution >= 0.6 is 0 Å². The fourth-order valence-electron chi connectivity index (χ4n) is 3.82. The lowest BCUT2D eigenvalue weighted by Gasteiger charge is -2.24. The molecule has 4 rings (SSSR count). The van der Waals surface area contributed by atoms with Crippen molar-refractivity contribution in [2.24, 2.45) is 0 Å². The number of nitrogens with zero attached hydrogens (tertiary/aromatic N) is 4. The number of benzene rings is 2. The number of halogens is 1. The molecule has 0 aliphatic carbocycles. The van der Waals surface area contributed by atoms with Crippen LogP contribution < -0.4 is 10.2 Å². The molecule has 2 amide bonds. The molecule has 1 aliphatic heterocycles. The Labute approximate surface area is 185 Å². The minimum absolute atomic E-state index is 0.0662. The quantitative estimate of drug-likeness (QED) is 0.681. The fraction of sp³-hybridized carbons (Fsp3) is 0.250. The van der Waals surface area contributed by atoms with Crippen LogP contribution in [0.2, 0.25) is 0 Å². The molecule has 2 aromatic carbocycles. The molecule has 0 saturated carbocycles. The molecule has 0 atom stereocenters. The lowest BCUT2D eigenvalue weighted by atomic mass is 10.1. The average molecular weight is 433 g/mol. The van der Waals surface area contributed by atoms with Crippen LogP contribution in [-0.2, 0) is 0 Å². The molecule has 32 heavy (non-hydrogen) atoms. The monoisotopic (exact) mass is 433 g/mol. The van der Waals surface area contributed by atoms with Crippen molar-refractivity contribution in [2.75, 3.05) is 36.4 Å². The van der Waals surface area contributed by atoms with E-state index < -0.39 is 11.7 Å². The second-order valence-electron chi connectivity index (χ2n) is 7.65. The van der Waals surface area contributed by atoms with Crippen molar-refractivity contribution in [1.82, 2.24) is 15.1 Å². The molecule has 0 bridgehead atoms. The van der Waals surface area contributed by atoms with Crippen LogP contribution in [0.5, 0.6) is 0 Å². The van der Waals surface area contributed by atoms with Gasteiger partial charge >= 0.3 is 0 Å². The highest BCUT2D eigenvalue weighted by atomic mass is 19.1. The van der Waals surface area contributed by atoms with Crippen molar-refractivity contribution in [3.63, 3.8) is 0 Å². The maximum atomic E-state index is 14.1. The highest BCUT2D eigenvalue weighted by molar-refractivity contribution is 6.09. The van der Waals surface area contributed by atoms with Crippen LogP contribution in [-0.4, -0.2) is 53.1 Å². The number of para-hydroxylation sites is 1. The zero-order chi connectivity index (χ0) is 22.5. The first kappa shape index (κ1) is 21.4. The normalized spacial score (nSPS) is 14.1. The highest BCUT2D eigenvalue weighted by Crippen LogP contribution is 2.24. The lowest BCUT2D eigenvalue weighted by molar-refractivity contribution is 0.0768. The molecular weight excluding hydrogens is 409 g/mol. The van der Waals surface area contributed by atoms with Crippen LogP contribution in [0.15, 0.2) is 60.8 Å². The summed E-state index contributed by atoms with van der Waals surface area (Å²) in [6.45, 7) is 4.32. The van der Waals surface area contributed by atoms with Crippen LogP contribution in [0.3, 0.4) is 0 Å². The average Bonchev–Trinajstić information content (AvgIpc) is 3.07. The van der Waals surface area contributed by atoms with Gasteiger partial charge in [-0.05, 0) is 49.2 Å². The third kappa shape index (κ3) is 4.59. The van der Waals surface area contributed by atoms with E-state index in [1.165, 1.54) is 18.2 Å². The SMILES string of the molecule is Cc1cccc(C(=O)N2CCCN(c3cccnn3)CC2)c1NC(=O)c1ccccc1F. The first-order valence-corrected chi connectivity index (χ1v) is 10.5. The molecule has 1 fully saturated rings. The zero-order valence-corrected chi connectivity index (χ0v) is 17.8. The summed E-state index contributed by atoms with van der Waals surface area (Å²) in [4.78, 5) is 30.0. The van der Waals surface area contributed by atoms with Gasteiger partial charge in [0.1, 0.15) is 5.82 Å². The minimum Gasteiger partial charge on any atom is -0.353 e. The van der Waals surface area contributed by atoms with Crippen molar-refractivity contribution in [1.29, 1.82) is 0 Å². The number of hydrogen-bond donors (Lipinski definition) is 1. The molecule has 164 valence electrons.